The Morgan fingerprint density at radius 2 is 2.05 bits per heavy atom. The van der Waals surface area contributed by atoms with Crippen LogP contribution in [0.25, 0.3) is 0 Å². The Labute approximate surface area is 120 Å². The summed E-state index contributed by atoms with van der Waals surface area (Å²) >= 11 is 5.92. The number of nitrogens with zero attached hydrogens (tertiary/aromatic N) is 1. The van der Waals surface area contributed by atoms with Crippen molar-refractivity contribution in [2.45, 2.75) is 52.4 Å². The SMILES string of the molecule is CCCCCCOC(=O)c1cc(Cl)nc(C(C)C)c1. The number of unbranched alkanes of at least 4 members (excludes halogenated alkanes) is 3. The molecule has 0 spiro atoms. The molecule has 1 aromatic rings. The monoisotopic (exact) mass is 283 g/mol. The van der Waals surface area contributed by atoms with Gasteiger partial charge in [0.2, 0.25) is 0 Å². The van der Waals surface area contributed by atoms with Crippen LogP contribution in [0.4, 0.5) is 0 Å². The molecule has 0 fully saturated rings. The van der Waals surface area contributed by atoms with Crippen molar-refractivity contribution < 1.29 is 9.53 Å². The van der Waals surface area contributed by atoms with Crippen LogP contribution in [0.1, 0.15) is 68.4 Å². The topological polar surface area (TPSA) is 39.2 Å². The molecule has 19 heavy (non-hydrogen) atoms. The van der Waals surface area contributed by atoms with Crippen molar-refractivity contribution in [2.75, 3.05) is 6.61 Å². The van der Waals surface area contributed by atoms with Crippen LogP contribution >= 0.6 is 11.6 Å². The zero-order valence-corrected chi connectivity index (χ0v) is 12.7. The van der Waals surface area contributed by atoms with Crippen molar-refractivity contribution in [2.24, 2.45) is 0 Å². The summed E-state index contributed by atoms with van der Waals surface area (Å²) in [5.74, 6) is -0.0856. The summed E-state index contributed by atoms with van der Waals surface area (Å²) in [4.78, 5) is 16.1. The number of carbonyl (C=O) groups excluding carboxylic acids is 1. The van der Waals surface area contributed by atoms with E-state index in [2.05, 4.69) is 11.9 Å². The fraction of sp³-hybridized carbons (Fsp3) is 0.600. The quantitative estimate of drug-likeness (QED) is 0.417. The summed E-state index contributed by atoms with van der Waals surface area (Å²) in [6.07, 6.45) is 4.36. The van der Waals surface area contributed by atoms with Gasteiger partial charge >= 0.3 is 5.97 Å². The second-order valence-electron chi connectivity index (χ2n) is 4.95. The maximum atomic E-state index is 11.9. The van der Waals surface area contributed by atoms with Gasteiger partial charge in [-0.15, -0.1) is 0 Å². The lowest BCUT2D eigenvalue weighted by Gasteiger charge is -2.08. The number of pyridine rings is 1. The number of hydrogen-bond acceptors (Lipinski definition) is 3. The highest BCUT2D eigenvalue weighted by atomic mass is 35.5. The van der Waals surface area contributed by atoms with Crippen LogP contribution in [0.15, 0.2) is 12.1 Å². The maximum absolute atomic E-state index is 11.9. The fourth-order valence-corrected chi connectivity index (χ4v) is 1.92. The third-order valence-electron chi connectivity index (χ3n) is 2.87. The van der Waals surface area contributed by atoms with Gasteiger partial charge < -0.3 is 4.74 Å². The van der Waals surface area contributed by atoms with E-state index in [0.29, 0.717) is 17.3 Å². The smallest absolute Gasteiger partial charge is 0.338 e. The number of halogens is 1. The van der Waals surface area contributed by atoms with Gasteiger partial charge in [0.15, 0.2) is 0 Å². The van der Waals surface area contributed by atoms with Crippen molar-refractivity contribution in [1.82, 2.24) is 4.98 Å². The molecule has 106 valence electrons. The second kappa shape index (κ2) is 8.16. The second-order valence-corrected chi connectivity index (χ2v) is 5.34. The number of aromatic nitrogens is 1. The van der Waals surface area contributed by atoms with Crippen molar-refractivity contribution in [3.8, 4) is 0 Å². The lowest BCUT2D eigenvalue weighted by atomic mass is 10.1. The molecule has 4 heteroatoms. The lowest BCUT2D eigenvalue weighted by molar-refractivity contribution is 0.0497. The molecule has 1 aromatic heterocycles. The molecule has 0 radical (unpaired) electrons. The van der Waals surface area contributed by atoms with Gasteiger partial charge in [0.1, 0.15) is 5.15 Å². The Kier molecular flexibility index (Phi) is 6.85. The molecule has 0 N–H and O–H groups in total. The Bertz CT molecular complexity index is 419. The molecule has 1 heterocycles. The van der Waals surface area contributed by atoms with E-state index in [0.717, 1.165) is 18.5 Å². The number of carbonyl (C=O) groups is 1. The van der Waals surface area contributed by atoms with Gasteiger partial charge in [-0.05, 0) is 24.5 Å². The van der Waals surface area contributed by atoms with E-state index in [-0.39, 0.29) is 11.9 Å². The molecule has 3 nitrogen and oxygen atoms in total. The number of ether oxygens (including phenoxy) is 1. The fourth-order valence-electron chi connectivity index (χ4n) is 1.71. The van der Waals surface area contributed by atoms with E-state index in [4.69, 9.17) is 16.3 Å². The van der Waals surface area contributed by atoms with Crippen molar-refractivity contribution in [3.05, 3.63) is 28.5 Å². The Balaban J connectivity index is 2.56. The van der Waals surface area contributed by atoms with Crippen LogP contribution in [0.5, 0.6) is 0 Å². The van der Waals surface area contributed by atoms with Crippen LogP contribution < -0.4 is 0 Å². The summed E-state index contributed by atoms with van der Waals surface area (Å²) < 4.78 is 5.24. The summed E-state index contributed by atoms with van der Waals surface area (Å²) in [6, 6.07) is 3.31. The third kappa shape index (κ3) is 5.60. The van der Waals surface area contributed by atoms with Crippen molar-refractivity contribution in [1.29, 1.82) is 0 Å². The summed E-state index contributed by atoms with van der Waals surface area (Å²) in [6.45, 7) is 6.64. The third-order valence-corrected chi connectivity index (χ3v) is 3.07. The van der Waals surface area contributed by atoms with Crippen LogP contribution in [0.3, 0.4) is 0 Å². The van der Waals surface area contributed by atoms with Gasteiger partial charge in [-0.25, -0.2) is 9.78 Å². The normalized spacial score (nSPS) is 10.8. The molecule has 0 aromatic carbocycles. The molecule has 0 amide bonds. The van der Waals surface area contributed by atoms with E-state index in [1.165, 1.54) is 12.8 Å². The van der Waals surface area contributed by atoms with E-state index >= 15 is 0 Å². The van der Waals surface area contributed by atoms with Crippen LogP contribution in [-0.4, -0.2) is 17.6 Å². The predicted octanol–water partition coefficient (Wildman–Crippen LogP) is 4.60. The summed E-state index contributed by atoms with van der Waals surface area (Å²) in [7, 11) is 0. The first-order valence-electron chi connectivity index (χ1n) is 6.89. The number of hydrogen-bond donors (Lipinski definition) is 0. The van der Waals surface area contributed by atoms with Gasteiger partial charge in [0, 0.05) is 5.69 Å². The first-order valence-corrected chi connectivity index (χ1v) is 7.27. The molecular formula is C15H22ClNO2. The number of esters is 1. The van der Waals surface area contributed by atoms with Gasteiger partial charge in [0.25, 0.3) is 0 Å². The Morgan fingerprint density at radius 3 is 2.68 bits per heavy atom. The summed E-state index contributed by atoms with van der Waals surface area (Å²) in [5.41, 5.74) is 1.30. The van der Waals surface area contributed by atoms with Gasteiger partial charge in [-0.3, -0.25) is 0 Å². The lowest BCUT2D eigenvalue weighted by Crippen LogP contribution is -2.08. The van der Waals surface area contributed by atoms with Gasteiger partial charge in [0.05, 0.1) is 12.2 Å². The van der Waals surface area contributed by atoms with Crippen molar-refractivity contribution in [3.63, 3.8) is 0 Å². The predicted molar refractivity (Wildman–Crippen MR) is 77.8 cm³/mol. The van der Waals surface area contributed by atoms with Crippen LogP contribution in [0, 0.1) is 0 Å². The van der Waals surface area contributed by atoms with E-state index in [1.807, 2.05) is 13.8 Å². The van der Waals surface area contributed by atoms with Crippen LogP contribution in [-0.2, 0) is 4.74 Å². The van der Waals surface area contributed by atoms with Crippen LogP contribution in [0.2, 0.25) is 5.15 Å². The van der Waals surface area contributed by atoms with E-state index < -0.39 is 0 Å². The molecule has 0 atom stereocenters. The molecule has 0 aliphatic carbocycles. The highest BCUT2D eigenvalue weighted by Crippen LogP contribution is 2.18. The minimum absolute atomic E-state index is 0.231. The zero-order chi connectivity index (χ0) is 14.3. The highest BCUT2D eigenvalue weighted by molar-refractivity contribution is 6.29. The first-order chi connectivity index (χ1) is 9.04. The van der Waals surface area contributed by atoms with E-state index in [9.17, 15) is 4.79 Å². The molecule has 0 aliphatic heterocycles. The Morgan fingerprint density at radius 1 is 1.32 bits per heavy atom. The molecule has 0 bridgehead atoms. The number of rotatable bonds is 7. The van der Waals surface area contributed by atoms with E-state index in [1.54, 1.807) is 12.1 Å². The summed E-state index contributed by atoms with van der Waals surface area (Å²) in [5, 5.41) is 0.337. The van der Waals surface area contributed by atoms with Gasteiger partial charge in [-0.1, -0.05) is 51.6 Å². The molecule has 0 saturated carbocycles. The highest BCUT2D eigenvalue weighted by Gasteiger charge is 2.12. The minimum Gasteiger partial charge on any atom is -0.462 e. The zero-order valence-electron chi connectivity index (χ0n) is 11.9. The molecular weight excluding hydrogens is 262 g/mol. The average molecular weight is 284 g/mol. The Hall–Kier alpha value is -1.09. The van der Waals surface area contributed by atoms with Gasteiger partial charge in [-0.2, -0.15) is 0 Å². The maximum Gasteiger partial charge on any atom is 0.338 e. The minimum atomic E-state index is -0.317. The average Bonchev–Trinajstić information content (AvgIpc) is 2.37. The molecule has 0 saturated heterocycles. The first kappa shape index (κ1) is 16.0. The van der Waals surface area contributed by atoms with Crippen molar-refractivity contribution >= 4 is 17.6 Å². The molecule has 0 aliphatic rings. The molecule has 0 unspecified atom stereocenters. The largest absolute Gasteiger partial charge is 0.462 e. The molecule has 1 rings (SSSR count). The standard InChI is InChI=1S/C15H22ClNO2/c1-4-5-6-7-8-19-15(18)12-9-13(11(2)3)17-14(16)10-12/h9-11H,4-8H2,1-3H3.